The summed E-state index contributed by atoms with van der Waals surface area (Å²) in [6, 6.07) is 17.3. The van der Waals surface area contributed by atoms with Crippen LogP contribution in [-0.4, -0.2) is 7.37 Å². The van der Waals surface area contributed by atoms with E-state index < -0.39 is 15.6 Å². The van der Waals surface area contributed by atoms with Gasteiger partial charge in [0.2, 0.25) is 0 Å². The summed E-state index contributed by atoms with van der Waals surface area (Å²) in [6.45, 7) is 0. The summed E-state index contributed by atoms with van der Waals surface area (Å²) >= 11 is -3.96. The van der Waals surface area contributed by atoms with Crippen molar-refractivity contribution in [1.29, 1.82) is 0 Å². The van der Waals surface area contributed by atoms with Crippen molar-refractivity contribution >= 4 is 24.4 Å². The van der Waals surface area contributed by atoms with Crippen LogP contribution in [-0.2, 0) is 15.6 Å². The molecule has 0 unspecified atom stereocenters. The normalized spacial score (nSPS) is 19.1. The van der Waals surface area contributed by atoms with Gasteiger partial charge in [0.1, 0.15) is 0 Å². The molecule has 0 spiro atoms. The Labute approximate surface area is 141 Å². The van der Waals surface area contributed by atoms with Crippen molar-refractivity contribution in [2.75, 3.05) is 0 Å². The third kappa shape index (κ3) is 2.12. The van der Waals surface area contributed by atoms with Gasteiger partial charge in [-0.3, -0.25) is 0 Å². The molecule has 0 amide bonds. The second-order valence-corrected chi connectivity index (χ2v) is 50.9. The molecule has 0 radical (unpaired) electrons. The van der Waals surface area contributed by atoms with Gasteiger partial charge < -0.3 is 0 Å². The average molecular weight is 424 g/mol. The molecule has 22 heavy (non-hydrogen) atoms. The third-order valence-electron chi connectivity index (χ3n) is 5.03. The molecule has 111 valence electrons. The van der Waals surface area contributed by atoms with Crippen LogP contribution in [0, 0.1) is 0 Å². The zero-order chi connectivity index (χ0) is 15.4. The maximum atomic E-state index is 7.39. The van der Waals surface area contributed by atoms with Crippen LogP contribution in [0.4, 0.5) is 0 Å². The summed E-state index contributed by atoms with van der Waals surface area (Å²) in [6.07, 6.45) is 8.60. The number of hydrogen-bond donors (Lipinski definition) is 0. The van der Waals surface area contributed by atoms with Crippen molar-refractivity contribution < 1.29 is 15.6 Å². The minimum absolute atomic E-state index is 0.209. The average Bonchev–Trinajstić information content (AvgIpc) is 3.14. The molecule has 0 atom stereocenters. The second-order valence-electron chi connectivity index (χ2n) is 6.53. The van der Waals surface area contributed by atoms with Gasteiger partial charge in [-0.2, -0.15) is 0 Å². The molecule has 0 fully saturated rings. The van der Waals surface area contributed by atoms with Crippen molar-refractivity contribution in [2.45, 2.75) is 7.25 Å². The van der Waals surface area contributed by atoms with Gasteiger partial charge in [-0.25, -0.2) is 0 Å². The Bertz CT molecular complexity index is 760. The molecule has 2 aromatic rings. The molecular formula is C18H17Cl2SiZr. The molecule has 0 aliphatic heterocycles. The summed E-state index contributed by atoms with van der Waals surface area (Å²) in [5, 5.41) is 0. The van der Waals surface area contributed by atoms with Gasteiger partial charge in [-0.15, -0.1) is 0 Å². The summed E-state index contributed by atoms with van der Waals surface area (Å²) < 4.78 is 0.460. The number of fused-ring (bicyclic) bond motifs is 3. The summed E-state index contributed by atoms with van der Waals surface area (Å²) in [5.41, 5.74) is 5.30. The Morgan fingerprint density at radius 2 is 1.23 bits per heavy atom. The molecule has 0 saturated heterocycles. The third-order valence-corrected chi connectivity index (χ3v) is 27.6. The molecule has 2 aliphatic carbocycles. The number of benzene rings is 2. The van der Waals surface area contributed by atoms with Crippen molar-refractivity contribution in [3.8, 4) is 11.1 Å². The quantitative estimate of drug-likeness (QED) is 0.600. The second kappa shape index (κ2) is 5.05. The van der Waals surface area contributed by atoms with Crippen LogP contribution >= 0.6 is 17.0 Å². The first-order valence-electron chi connectivity index (χ1n) is 7.60. The van der Waals surface area contributed by atoms with E-state index in [-0.39, 0.29) is 7.25 Å². The zero-order valence-corrected chi connectivity index (χ0v) is 18.3. The van der Waals surface area contributed by atoms with Crippen molar-refractivity contribution in [3.63, 3.8) is 0 Å². The van der Waals surface area contributed by atoms with Crippen LogP contribution in [0.15, 0.2) is 72.8 Å². The predicted octanol–water partition coefficient (Wildman–Crippen LogP) is 4.95. The SMILES string of the molecule is [SiH3][Zr]([Cl])([Cl])([CH]1C=CC=C1)[CH]1c2ccccc2-c2ccccc21. The van der Waals surface area contributed by atoms with E-state index in [0.717, 1.165) is 7.37 Å². The summed E-state index contributed by atoms with van der Waals surface area (Å²) in [4.78, 5) is 0. The van der Waals surface area contributed by atoms with E-state index in [1.165, 1.54) is 22.3 Å². The van der Waals surface area contributed by atoms with Crippen LogP contribution < -0.4 is 0 Å². The maximum absolute atomic E-state index is 7.39. The molecule has 0 saturated carbocycles. The molecule has 0 N–H and O–H groups in total. The van der Waals surface area contributed by atoms with E-state index in [1.807, 2.05) is 0 Å². The summed E-state index contributed by atoms with van der Waals surface area (Å²) in [5.74, 6) is 0. The minimum atomic E-state index is -3.96. The van der Waals surface area contributed by atoms with E-state index in [0.29, 0.717) is 0 Å². The standard InChI is InChI=1S/C13H9.C5H5.2ClH.H3Si.Zr/c1-3-7-12-10(5-1)9-11-6-2-4-8-13(11)12;1-2-4-5-3-1;;;;/h1-9H;1-5H;2*1H;1H3;/q;;;;;+2/p-2. The monoisotopic (exact) mass is 421 g/mol. The van der Waals surface area contributed by atoms with E-state index in [4.69, 9.17) is 17.0 Å². The number of allylic oxidation sites excluding steroid dienone is 4. The van der Waals surface area contributed by atoms with Gasteiger partial charge in [0.05, 0.1) is 0 Å². The first kappa shape index (κ1) is 15.1. The molecule has 4 rings (SSSR count). The summed E-state index contributed by atoms with van der Waals surface area (Å²) in [7, 11) is 15.7. The van der Waals surface area contributed by atoms with Gasteiger partial charge in [-0.1, -0.05) is 0 Å². The Morgan fingerprint density at radius 3 is 1.73 bits per heavy atom. The Morgan fingerprint density at radius 1 is 0.773 bits per heavy atom. The van der Waals surface area contributed by atoms with Crippen LogP contribution in [0.2, 0.25) is 3.63 Å². The van der Waals surface area contributed by atoms with E-state index in [2.05, 4.69) is 72.8 Å². The molecule has 2 aliphatic rings. The molecule has 0 nitrogen and oxygen atoms in total. The Kier molecular flexibility index (Phi) is 3.47. The van der Waals surface area contributed by atoms with Crippen LogP contribution in [0.1, 0.15) is 14.8 Å². The van der Waals surface area contributed by atoms with Crippen molar-refractivity contribution in [3.05, 3.63) is 84.0 Å². The molecule has 2 aromatic carbocycles. The van der Waals surface area contributed by atoms with Gasteiger partial charge >= 0.3 is 142 Å². The number of rotatable bonds is 2. The van der Waals surface area contributed by atoms with E-state index >= 15 is 0 Å². The molecule has 0 bridgehead atoms. The van der Waals surface area contributed by atoms with Crippen LogP contribution in [0.25, 0.3) is 11.1 Å². The molecule has 0 aromatic heterocycles. The fourth-order valence-electron chi connectivity index (χ4n) is 3.95. The number of halogens is 2. The molecule has 0 heterocycles. The zero-order valence-electron chi connectivity index (χ0n) is 12.3. The van der Waals surface area contributed by atoms with Gasteiger partial charge in [0.15, 0.2) is 0 Å². The fraction of sp³-hybridized carbons (Fsp3) is 0.111. The van der Waals surface area contributed by atoms with Crippen LogP contribution in [0.3, 0.4) is 0 Å². The molecular weight excluding hydrogens is 406 g/mol. The Hall–Kier alpha value is -0.400. The first-order chi connectivity index (χ1) is 10.5. The van der Waals surface area contributed by atoms with Crippen molar-refractivity contribution in [1.82, 2.24) is 0 Å². The predicted molar refractivity (Wildman–Crippen MR) is 97.4 cm³/mol. The Balaban J connectivity index is 1.99. The number of hydrogen-bond acceptors (Lipinski definition) is 0. The molecule has 4 heteroatoms. The first-order valence-corrected chi connectivity index (χ1v) is 25.1. The van der Waals surface area contributed by atoms with Gasteiger partial charge in [0, 0.05) is 0 Å². The van der Waals surface area contributed by atoms with Gasteiger partial charge in [-0.05, 0) is 0 Å². The topological polar surface area (TPSA) is 0 Å². The van der Waals surface area contributed by atoms with Crippen molar-refractivity contribution in [2.24, 2.45) is 0 Å². The van der Waals surface area contributed by atoms with Gasteiger partial charge in [0.25, 0.3) is 0 Å². The van der Waals surface area contributed by atoms with E-state index in [9.17, 15) is 0 Å². The van der Waals surface area contributed by atoms with E-state index in [1.54, 1.807) is 0 Å². The van der Waals surface area contributed by atoms with Crippen LogP contribution in [0.5, 0.6) is 0 Å². The fourth-order valence-corrected chi connectivity index (χ4v) is 22.9.